The molecule has 0 unspecified atom stereocenters. The van der Waals surface area contributed by atoms with Crippen LogP contribution in [0.5, 0.6) is 0 Å². The minimum Gasteiger partial charge on any atom is -0.0985 e. The molecule has 2 aromatic rings. The maximum absolute atomic E-state index is 3.75. The van der Waals surface area contributed by atoms with E-state index in [0.29, 0.717) is 0 Å². The van der Waals surface area contributed by atoms with E-state index in [1.54, 1.807) is 0 Å². The molecular formula is C15H13Br. The fourth-order valence-corrected chi connectivity index (χ4v) is 1.87. The fraction of sp³-hybridized carbons (Fsp3) is 0.0667. The molecule has 0 nitrogen and oxygen atoms in total. The topological polar surface area (TPSA) is 0 Å². The number of rotatable bonds is 3. The standard InChI is InChI=1S/C15H13Br/c1-2-12-3-5-13(6-4-12)11-14-7-9-15(16)10-8-14/h2-10H,1,11H2. The van der Waals surface area contributed by atoms with Gasteiger partial charge in [0.1, 0.15) is 0 Å². The number of benzene rings is 2. The van der Waals surface area contributed by atoms with E-state index in [9.17, 15) is 0 Å². The second-order valence-electron chi connectivity index (χ2n) is 3.75. The summed E-state index contributed by atoms with van der Waals surface area (Å²) in [6.07, 6.45) is 2.84. The van der Waals surface area contributed by atoms with Gasteiger partial charge in [-0.2, -0.15) is 0 Å². The zero-order valence-electron chi connectivity index (χ0n) is 8.99. The molecule has 0 aliphatic heterocycles. The molecule has 0 bridgehead atoms. The highest BCUT2D eigenvalue weighted by atomic mass is 79.9. The third-order valence-electron chi connectivity index (χ3n) is 2.54. The second kappa shape index (κ2) is 5.13. The van der Waals surface area contributed by atoms with Crippen molar-refractivity contribution in [2.45, 2.75) is 6.42 Å². The molecule has 0 saturated carbocycles. The predicted molar refractivity (Wildman–Crippen MR) is 73.5 cm³/mol. The van der Waals surface area contributed by atoms with E-state index in [-0.39, 0.29) is 0 Å². The van der Waals surface area contributed by atoms with E-state index in [2.05, 4.69) is 71.0 Å². The maximum Gasteiger partial charge on any atom is 0.0175 e. The van der Waals surface area contributed by atoms with Crippen molar-refractivity contribution in [3.05, 3.63) is 76.3 Å². The van der Waals surface area contributed by atoms with Gasteiger partial charge in [0.2, 0.25) is 0 Å². The van der Waals surface area contributed by atoms with Gasteiger partial charge in [-0.05, 0) is 35.2 Å². The lowest BCUT2D eigenvalue weighted by atomic mass is 10.0. The summed E-state index contributed by atoms with van der Waals surface area (Å²) < 4.78 is 1.12. The van der Waals surface area contributed by atoms with Crippen LogP contribution in [0.3, 0.4) is 0 Å². The van der Waals surface area contributed by atoms with Gasteiger partial charge in [0.25, 0.3) is 0 Å². The number of hydrogen-bond acceptors (Lipinski definition) is 0. The van der Waals surface area contributed by atoms with E-state index < -0.39 is 0 Å². The van der Waals surface area contributed by atoms with Crippen LogP contribution in [0.4, 0.5) is 0 Å². The van der Waals surface area contributed by atoms with Gasteiger partial charge in [-0.15, -0.1) is 0 Å². The van der Waals surface area contributed by atoms with Crippen molar-refractivity contribution in [2.24, 2.45) is 0 Å². The zero-order valence-corrected chi connectivity index (χ0v) is 10.6. The van der Waals surface area contributed by atoms with Crippen molar-refractivity contribution in [2.75, 3.05) is 0 Å². The normalized spacial score (nSPS) is 10.1. The van der Waals surface area contributed by atoms with Crippen LogP contribution in [0.1, 0.15) is 16.7 Å². The molecule has 0 radical (unpaired) electrons. The highest BCUT2D eigenvalue weighted by molar-refractivity contribution is 9.10. The molecule has 0 atom stereocenters. The van der Waals surface area contributed by atoms with Crippen LogP contribution >= 0.6 is 15.9 Å². The van der Waals surface area contributed by atoms with Gasteiger partial charge < -0.3 is 0 Å². The van der Waals surface area contributed by atoms with Crippen LogP contribution in [0.25, 0.3) is 6.08 Å². The Balaban J connectivity index is 2.14. The number of halogens is 1. The maximum atomic E-state index is 3.75. The first kappa shape index (κ1) is 11.2. The quantitative estimate of drug-likeness (QED) is 0.761. The lowest BCUT2D eigenvalue weighted by molar-refractivity contribution is 1.19. The first-order chi connectivity index (χ1) is 7.78. The van der Waals surface area contributed by atoms with Gasteiger partial charge in [0.15, 0.2) is 0 Å². The lowest BCUT2D eigenvalue weighted by Gasteiger charge is -2.02. The van der Waals surface area contributed by atoms with Crippen molar-refractivity contribution in [1.82, 2.24) is 0 Å². The van der Waals surface area contributed by atoms with Crippen LogP contribution in [-0.4, -0.2) is 0 Å². The van der Waals surface area contributed by atoms with E-state index in [4.69, 9.17) is 0 Å². The summed E-state index contributed by atoms with van der Waals surface area (Å²) in [5.74, 6) is 0. The molecule has 0 amide bonds. The molecule has 0 aromatic heterocycles. The van der Waals surface area contributed by atoms with E-state index in [1.807, 2.05) is 6.08 Å². The summed E-state index contributed by atoms with van der Waals surface area (Å²) in [5.41, 5.74) is 3.82. The fourth-order valence-electron chi connectivity index (χ4n) is 1.61. The first-order valence-electron chi connectivity index (χ1n) is 5.24. The van der Waals surface area contributed by atoms with Crippen molar-refractivity contribution < 1.29 is 0 Å². The molecule has 80 valence electrons. The lowest BCUT2D eigenvalue weighted by Crippen LogP contribution is -1.87. The zero-order chi connectivity index (χ0) is 11.4. The van der Waals surface area contributed by atoms with Crippen molar-refractivity contribution >= 4 is 22.0 Å². The Bertz CT molecular complexity index is 466. The van der Waals surface area contributed by atoms with Crippen LogP contribution in [0.15, 0.2) is 59.6 Å². The SMILES string of the molecule is C=Cc1ccc(Cc2ccc(Br)cc2)cc1. The molecule has 0 aliphatic carbocycles. The summed E-state index contributed by atoms with van der Waals surface area (Å²) in [4.78, 5) is 0. The molecule has 2 rings (SSSR count). The van der Waals surface area contributed by atoms with Gasteiger partial charge in [-0.3, -0.25) is 0 Å². The molecule has 0 heterocycles. The Morgan fingerprint density at radius 3 is 1.88 bits per heavy atom. The molecule has 0 spiro atoms. The average molecular weight is 273 g/mol. The van der Waals surface area contributed by atoms with Crippen molar-refractivity contribution in [3.8, 4) is 0 Å². The first-order valence-corrected chi connectivity index (χ1v) is 6.03. The van der Waals surface area contributed by atoms with Crippen LogP contribution in [-0.2, 0) is 6.42 Å². The van der Waals surface area contributed by atoms with E-state index >= 15 is 0 Å². The molecule has 0 saturated heterocycles. The molecule has 0 fully saturated rings. The predicted octanol–water partition coefficient (Wildman–Crippen LogP) is 4.68. The van der Waals surface area contributed by atoms with E-state index in [0.717, 1.165) is 10.9 Å². The van der Waals surface area contributed by atoms with Crippen LogP contribution < -0.4 is 0 Å². The molecule has 2 aromatic carbocycles. The summed E-state index contributed by atoms with van der Waals surface area (Å²) in [6.45, 7) is 3.75. The number of hydrogen-bond donors (Lipinski definition) is 0. The Labute approximate surface area is 105 Å². The van der Waals surface area contributed by atoms with Gasteiger partial charge in [-0.25, -0.2) is 0 Å². The van der Waals surface area contributed by atoms with Gasteiger partial charge >= 0.3 is 0 Å². The third-order valence-corrected chi connectivity index (χ3v) is 3.07. The van der Waals surface area contributed by atoms with Gasteiger partial charge in [-0.1, -0.05) is 65.0 Å². The molecular weight excluding hydrogens is 260 g/mol. The van der Waals surface area contributed by atoms with Crippen molar-refractivity contribution in [1.29, 1.82) is 0 Å². The molecule has 0 aliphatic rings. The summed E-state index contributed by atoms with van der Waals surface area (Å²) in [6, 6.07) is 16.9. The minimum atomic E-state index is 0.977. The van der Waals surface area contributed by atoms with Gasteiger partial charge in [0.05, 0.1) is 0 Å². The Morgan fingerprint density at radius 2 is 1.38 bits per heavy atom. The highest BCUT2D eigenvalue weighted by Crippen LogP contribution is 2.14. The average Bonchev–Trinajstić information content (AvgIpc) is 2.33. The van der Waals surface area contributed by atoms with E-state index in [1.165, 1.54) is 16.7 Å². The Morgan fingerprint density at radius 1 is 0.875 bits per heavy atom. The Kier molecular flexibility index (Phi) is 3.58. The summed E-state index contributed by atoms with van der Waals surface area (Å²) in [7, 11) is 0. The monoisotopic (exact) mass is 272 g/mol. The van der Waals surface area contributed by atoms with Crippen LogP contribution in [0.2, 0.25) is 0 Å². The summed E-state index contributed by atoms with van der Waals surface area (Å²) >= 11 is 3.44. The minimum absolute atomic E-state index is 0.977. The summed E-state index contributed by atoms with van der Waals surface area (Å²) in [5, 5.41) is 0. The molecule has 1 heteroatoms. The second-order valence-corrected chi connectivity index (χ2v) is 4.66. The largest absolute Gasteiger partial charge is 0.0985 e. The van der Waals surface area contributed by atoms with Crippen LogP contribution in [0, 0.1) is 0 Å². The third kappa shape index (κ3) is 2.83. The molecule has 0 N–H and O–H groups in total. The highest BCUT2D eigenvalue weighted by Gasteiger charge is 1.96. The Hall–Kier alpha value is -1.34. The van der Waals surface area contributed by atoms with Crippen molar-refractivity contribution in [3.63, 3.8) is 0 Å². The molecule has 16 heavy (non-hydrogen) atoms. The van der Waals surface area contributed by atoms with Gasteiger partial charge in [0, 0.05) is 4.47 Å². The smallest absolute Gasteiger partial charge is 0.0175 e.